The molecule has 3 aromatic rings. The van der Waals surface area contributed by atoms with E-state index in [-0.39, 0.29) is 5.97 Å². The number of benzene rings is 3. The molecule has 36 heavy (non-hydrogen) atoms. The Bertz CT molecular complexity index is 1240. The van der Waals surface area contributed by atoms with Gasteiger partial charge in [0.15, 0.2) is 0 Å². The summed E-state index contributed by atoms with van der Waals surface area (Å²) in [7, 11) is 1.96. The van der Waals surface area contributed by atoms with Crippen LogP contribution in [0.2, 0.25) is 0 Å². The number of esters is 1. The Morgan fingerprint density at radius 1 is 0.833 bits per heavy atom. The Morgan fingerprint density at radius 3 is 1.67 bits per heavy atom. The van der Waals surface area contributed by atoms with E-state index >= 15 is 0 Å². The third kappa shape index (κ3) is 7.60. The fourth-order valence-corrected chi connectivity index (χ4v) is 2.96. The average Bonchev–Trinajstić information content (AvgIpc) is 2.91. The van der Waals surface area contributed by atoms with E-state index in [9.17, 15) is 4.79 Å². The molecule has 0 atom stereocenters. The molecule has 0 bridgehead atoms. The Labute approximate surface area is 212 Å². The highest BCUT2D eigenvalue weighted by Gasteiger charge is 2.26. The summed E-state index contributed by atoms with van der Waals surface area (Å²) in [5, 5.41) is 17.0. The number of ether oxygens (including phenoxy) is 1. The third-order valence-electron chi connectivity index (χ3n) is 5.83. The van der Waals surface area contributed by atoms with Crippen LogP contribution in [0.1, 0.15) is 32.8 Å². The van der Waals surface area contributed by atoms with Gasteiger partial charge in [-0.25, -0.2) is 0 Å². The number of azo groups is 2. The molecule has 184 valence electrons. The summed E-state index contributed by atoms with van der Waals surface area (Å²) < 4.78 is 5.42. The van der Waals surface area contributed by atoms with Gasteiger partial charge in [0.1, 0.15) is 6.61 Å². The van der Waals surface area contributed by atoms with Crippen molar-refractivity contribution < 1.29 is 9.53 Å². The first-order valence-corrected chi connectivity index (χ1v) is 11.8. The van der Waals surface area contributed by atoms with Gasteiger partial charge >= 0.3 is 5.97 Å². The fourth-order valence-electron chi connectivity index (χ4n) is 2.96. The monoisotopic (exact) mass is 481 g/mol. The number of carbonyl (C=O) groups excluding carboxylic acids is 1. The van der Waals surface area contributed by atoms with Crippen LogP contribution in [0.3, 0.4) is 0 Å². The third-order valence-corrected chi connectivity index (χ3v) is 5.83. The standard InChI is InChI=1S/C29H31N5O2/c1-6-22-8-10-23(11-9-22)30-31-24-12-14-25(15-13-24)32-33-26-16-18-27(19-17-26)34(5)20-21-36-28(35)29(3,4)7-2/h1,8-19H,7,20-21H2,2-5H3. The highest BCUT2D eigenvalue weighted by Crippen LogP contribution is 2.25. The highest BCUT2D eigenvalue weighted by molar-refractivity contribution is 5.75. The summed E-state index contributed by atoms with van der Waals surface area (Å²) in [4.78, 5) is 14.1. The molecule has 0 radical (unpaired) electrons. The number of anilines is 1. The van der Waals surface area contributed by atoms with Gasteiger partial charge < -0.3 is 9.64 Å². The Hall–Kier alpha value is -4.31. The van der Waals surface area contributed by atoms with Crippen LogP contribution < -0.4 is 4.90 Å². The highest BCUT2D eigenvalue weighted by atomic mass is 16.5. The SMILES string of the molecule is C#Cc1ccc(N=Nc2ccc(N=Nc3ccc(N(C)CCOC(=O)C(C)(C)CC)cc3)cc2)cc1. The van der Waals surface area contributed by atoms with Crippen LogP contribution in [0, 0.1) is 17.8 Å². The van der Waals surface area contributed by atoms with E-state index in [0.29, 0.717) is 24.5 Å². The number of likely N-dealkylation sites (N-methyl/N-ethyl adjacent to an activating group) is 1. The summed E-state index contributed by atoms with van der Waals surface area (Å²) in [6.45, 7) is 6.72. The van der Waals surface area contributed by atoms with Crippen LogP contribution in [0.5, 0.6) is 0 Å². The van der Waals surface area contributed by atoms with E-state index in [1.165, 1.54) is 0 Å². The molecule has 3 aromatic carbocycles. The molecule has 0 aliphatic rings. The lowest BCUT2D eigenvalue weighted by molar-refractivity contribution is -0.153. The van der Waals surface area contributed by atoms with E-state index in [1.807, 2.05) is 106 Å². The van der Waals surface area contributed by atoms with Crippen molar-refractivity contribution in [3.05, 3.63) is 78.4 Å². The number of rotatable bonds is 10. The van der Waals surface area contributed by atoms with Crippen LogP contribution in [0.25, 0.3) is 0 Å². The largest absolute Gasteiger partial charge is 0.463 e. The first-order chi connectivity index (χ1) is 17.3. The molecule has 0 spiro atoms. The van der Waals surface area contributed by atoms with Crippen LogP contribution in [0.15, 0.2) is 93.3 Å². The zero-order valence-corrected chi connectivity index (χ0v) is 21.2. The number of hydrogen-bond donors (Lipinski definition) is 0. The second-order valence-electron chi connectivity index (χ2n) is 8.92. The average molecular weight is 482 g/mol. The van der Waals surface area contributed by atoms with Crippen molar-refractivity contribution in [1.82, 2.24) is 0 Å². The van der Waals surface area contributed by atoms with Crippen molar-refractivity contribution in [3.63, 3.8) is 0 Å². The van der Waals surface area contributed by atoms with Gasteiger partial charge in [-0.3, -0.25) is 4.79 Å². The summed E-state index contributed by atoms with van der Waals surface area (Å²) in [6, 6.07) is 22.4. The lowest BCUT2D eigenvalue weighted by atomic mass is 9.91. The smallest absolute Gasteiger partial charge is 0.311 e. The number of terminal acetylenes is 1. The molecule has 0 amide bonds. The van der Waals surface area contributed by atoms with E-state index < -0.39 is 5.41 Å². The van der Waals surface area contributed by atoms with E-state index in [0.717, 1.165) is 29.0 Å². The van der Waals surface area contributed by atoms with Gasteiger partial charge in [-0.15, -0.1) is 6.42 Å². The molecular formula is C29H31N5O2. The minimum atomic E-state index is -0.453. The molecule has 0 fully saturated rings. The predicted octanol–water partition coefficient (Wildman–Crippen LogP) is 7.91. The first kappa shape index (κ1) is 26.3. The molecule has 0 aliphatic heterocycles. The maximum absolute atomic E-state index is 12.1. The lowest BCUT2D eigenvalue weighted by Crippen LogP contribution is -2.30. The Kier molecular flexibility index (Phi) is 9.07. The normalized spacial score (nSPS) is 11.5. The molecule has 3 rings (SSSR count). The Balaban J connectivity index is 1.51. The fraction of sp³-hybridized carbons (Fsp3) is 0.276. The molecule has 7 heteroatoms. The summed E-state index contributed by atoms with van der Waals surface area (Å²) in [5.74, 6) is 2.41. The molecule has 0 saturated heterocycles. The molecule has 0 aliphatic carbocycles. The van der Waals surface area contributed by atoms with Crippen LogP contribution in [-0.4, -0.2) is 26.2 Å². The second-order valence-corrected chi connectivity index (χ2v) is 8.92. The molecule has 0 heterocycles. The van der Waals surface area contributed by atoms with Gasteiger partial charge in [-0.05, 0) is 93.1 Å². The van der Waals surface area contributed by atoms with Crippen LogP contribution >= 0.6 is 0 Å². The summed E-state index contributed by atoms with van der Waals surface area (Å²) in [5.41, 5.74) is 4.25. The first-order valence-electron chi connectivity index (χ1n) is 11.8. The van der Waals surface area contributed by atoms with Crippen LogP contribution in [0.4, 0.5) is 28.4 Å². The van der Waals surface area contributed by atoms with Gasteiger partial charge in [0.05, 0.1) is 34.7 Å². The number of carbonyl (C=O) groups is 1. The molecule has 0 N–H and O–H groups in total. The maximum atomic E-state index is 12.1. The topological polar surface area (TPSA) is 79.0 Å². The minimum absolute atomic E-state index is 0.166. The van der Waals surface area contributed by atoms with Crippen molar-refractivity contribution in [2.75, 3.05) is 25.1 Å². The summed E-state index contributed by atoms with van der Waals surface area (Å²) in [6.07, 6.45) is 6.11. The van der Waals surface area contributed by atoms with Gasteiger partial charge in [-0.2, -0.15) is 20.5 Å². The van der Waals surface area contributed by atoms with Crippen molar-refractivity contribution in [2.24, 2.45) is 25.9 Å². The minimum Gasteiger partial charge on any atom is -0.463 e. The van der Waals surface area contributed by atoms with E-state index in [1.54, 1.807) is 0 Å². The maximum Gasteiger partial charge on any atom is 0.311 e. The Morgan fingerprint density at radius 2 is 1.25 bits per heavy atom. The van der Waals surface area contributed by atoms with Crippen LogP contribution in [-0.2, 0) is 9.53 Å². The van der Waals surface area contributed by atoms with Gasteiger partial charge in [0.25, 0.3) is 0 Å². The number of hydrogen-bond acceptors (Lipinski definition) is 7. The van der Waals surface area contributed by atoms with Crippen molar-refractivity contribution in [2.45, 2.75) is 27.2 Å². The zero-order chi connectivity index (χ0) is 26.0. The van der Waals surface area contributed by atoms with Crippen molar-refractivity contribution in [3.8, 4) is 12.3 Å². The van der Waals surface area contributed by atoms with Gasteiger partial charge in [0.2, 0.25) is 0 Å². The van der Waals surface area contributed by atoms with E-state index in [4.69, 9.17) is 11.2 Å². The molecule has 7 nitrogen and oxygen atoms in total. The zero-order valence-electron chi connectivity index (χ0n) is 21.2. The van der Waals surface area contributed by atoms with Crippen molar-refractivity contribution in [1.29, 1.82) is 0 Å². The predicted molar refractivity (Wildman–Crippen MR) is 144 cm³/mol. The molecule has 0 saturated carbocycles. The van der Waals surface area contributed by atoms with E-state index in [2.05, 4.69) is 26.4 Å². The second kappa shape index (κ2) is 12.4. The van der Waals surface area contributed by atoms with Gasteiger partial charge in [-0.1, -0.05) is 12.8 Å². The summed E-state index contributed by atoms with van der Waals surface area (Å²) >= 11 is 0. The quantitative estimate of drug-likeness (QED) is 0.168. The van der Waals surface area contributed by atoms with Crippen molar-refractivity contribution >= 4 is 34.4 Å². The molecule has 0 unspecified atom stereocenters. The number of nitrogens with zero attached hydrogens (tertiary/aromatic N) is 5. The molecule has 0 aromatic heterocycles. The molecular weight excluding hydrogens is 450 g/mol. The lowest BCUT2D eigenvalue weighted by Gasteiger charge is -2.23. The van der Waals surface area contributed by atoms with Gasteiger partial charge in [0, 0.05) is 18.3 Å².